The molecular formula is C11H17FN2O2S. The van der Waals surface area contributed by atoms with Crippen LogP contribution >= 0.6 is 0 Å². The summed E-state index contributed by atoms with van der Waals surface area (Å²) in [5.74, 6) is 5.05. The second-order valence-electron chi connectivity index (χ2n) is 4.18. The Labute approximate surface area is 101 Å². The molecule has 2 atom stereocenters. The molecular weight excluding hydrogens is 243 g/mol. The fourth-order valence-electron chi connectivity index (χ4n) is 1.71. The van der Waals surface area contributed by atoms with Crippen molar-refractivity contribution in [2.75, 3.05) is 6.26 Å². The van der Waals surface area contributed by atoms with Crippen LogP contribution < -0.4 is 11.3 Å². The molecule has 0 saturated heterocycles. The van der Waals surface area contributed by atoms with E-state index in [2.05, 4.69) is 5.43 Å². The first kappa shape index (κ1) is 14.1. The van der Waals surface area contributed by atoms with Crippen molar-refractivity contribution in [2.24, 2.45) is 5.84 Å². The smallest absolute Gasteiger partial charge is 0.151 e. The summed E-state index contributed by atoms with van der Waals surface area (Å²) in [5.41, 5.74) is 3.84. The van der Waals surface area contributed by atoms with Gasteiger partial charge in [-0.3, -0.25) is 11.3 Å². The SMILES string of the molecule is Cc1cc(F)ccc1C(NN)C(C)S(C)(=O)=O. The lowest BCUT2D eigenvalue weighted by Crippen LogP contribution is -2.39. The van der Waals surface area contributed by atoms with Crippen LogP contribution in [0.5, 0.6) is 0 Å². The van der Waals surface area contributed by atoms with E-state index in [1.807, 2.05) is 0 Å². The minimum atomic E-state index is -3.23. The predicted octanol–water partition coefficient (Wildman–Crippen LogP) is 1.07. The maximum Gasteiger partial charge on any atom is 0.151 e. The zero-order valence-corrected chi connectivity index (χ0v) is 10.9. The van der Waals surface area contributed by atoms with Crippen LogP contribution in [0, 0.1) is 12.7 Å². The van der Waals surface area contributed by atoms with E-state index in [0.717, 1.165) is 6.26 Å². The molecule has 0 bridgehead atoms. The molecule has 0 spiro atoms. The monoisotopic (exact) mass is 260 g/mol. The van der Waals surface area contributed by atoms with Gasteiger partial charge in [-0.05, 0) is 37.1 Å². The highest BCUT2D eigenvalue weighted by Crippen LogP contribution is 2.24. The first-order valence-corrected chi connectivity index (χ1v) is 7.14. The van der Waals surface area contributed by atoms with Crippen LogP contribution in [0.4, 0.5) is 4.39 Å². The van der Waals surface area contributed by atoms with Crippen LogP contribution in [0.1, 0.15) is 24.1 Å². The Morgan fingerprint density at radius 2 is 2.00 bits per heavy atom. The normalized spacial score (nSPS) is 15.6. The zero-order valence-electron chi connectivity index (χ0n) is 10.1. The number of aryl methyl sites for hydroxylation is 1. The van der Waals surface area contributed by atoms with Crippen molar-refractivity contribution >= 4 is 9.84 Å². The molecule has 17 heavy (non-hydrogen) atoms. The second-order valence-corrected chi connectivity index (χ2v) is 6.58. The van der Waals surface area contributed by atoms with Crippen molar-refractivity contribution in [3.63, 3.8) is 0 Å². The van der Waals surface area contributed by atoms with E-state index >= 15 is 0 Å². The lowest BCUT2D eigenvalue weighted by atomic mass is 9.99. The first-order valence-electron chi connectivity index (χ1n) is 5.18. The second kappa shape index (κ2) is 5.12. The number of halogens is 1. The molecule has 1 aromatic rings. The van der Waals surface area contributed by atoms with Crippen molar-refractivity contribution in [3.05, 3.63) is 35.1 Å². The van der Waals surface area contributed by atoms with Crippen LogP contribution in [0.2, 0.25) is 0 Å². The van der Waals surface area contributed by atoms with Crippen LogP contribution in [-0.4, -0.2) is 19.9 Å². The van der Waals surface area contributed by atoms with Gasteiger partial charge in [0.25, 0.3) is 0 Å². The number of hydrogen-bond donors (Lipinski definition) is 2. The van der Waals surface area contributed by atoms with Gasteiger partial charge in [-0.25, -0.2) is 12.8 Å². The van der Waals surface area contributed by atoms with Crippen molar-refractivity contribution < 1.29 is 12.8 Å². The van der Waals surface area contributed by atoms with Gasteiger partial charge < -0.3 is 0 Å². The molecule has 1 aromatic carbocycles. The molecule has 0 heterocycles. The first-order chi connectivity index (χ1) is 7.77. The maximum atomic E-state index is 13.0. The third-order valence-electron chi connectivity index (χ3n) is 2.89. The van der Waals surface area contributed by atoms with Crippen LogP contribution in [0.25, 0.3) is 0 Å². The molecule has 0 aromatic heterocycles. The number of nitrogens with one attached hydrogen (secondary N) is 1. The standard InChI is InChI=1S/C11H17FN2O2S/c1-7-6-9(12)4-5-10(7)11(14-13)8(2)17(3,15)16/h4-6,8,11,14H,13H2,1-3H3. The largest absolute Gasteiger partial charge is 0.271 e. The summed E-state index contributed by atoms with van der Waals surface area (Å²) in [6, 6.07) is 3.65. The minimum absolute atomic E-state index is 0.353. The Morgan fingerprint density at radius 1 is 1.41 bits per heavy atom. The van der Waals surface area contributed by atoms with Crippen molar-refractivity contribution in [1.29, 1.82) is 0 Å². The summed E-state index contributed by atoms with van der Waals surface area (Å²) >= 11 is 0. The van der Waals surface area contributed by atoms with Gasteiger partial charge >= 0.3 is 0 Å². The summed E-state index contributed by atoms with van der Waals surface area (Å²) in [5, 5.41) is -0.684. The van der Waals surface area contributed by atoms with Crippen LogP contribution in [-0.2, 0) is 9.84 Å². The van der Waals surface area contributed by atoms with Gasteiger partial charge in [0.1, 0.15) is 5.82 Å². The molecule has 0 aliphatic carbocycles. The lowest BCUT2D eigenvalue weighted by molar-refractivity contribution is 0.510. The van der Waals surface area contributed by atoms with Crippen molar-refractivity contribution in [1.82, 2.24) is 5.43 Å². The Morgan fingerprint density at radius 3 is 2.41 bits per heavy atom. The Bertz CT molecular complexity index is 502. The number of nitrogens with two attached hydrogens (primary N) is 1. The third-order valence-corrected chi connectivity index (χ3v) is 4.51. The highest BCUT2D eigenvalue weighted by atomic mass is 32.2. The zero-order chi connectivity index (χ0) is 13.2. The number of benzene rings is 1. The summed E-state index contributed by atoms with van der Waals surface area (Å²) in [6.07, 6.45) is 1.15. The molecule has 0 amide bonds. The van der Waals surface area contributed by atoms with E-state index in [0.29, 0.717) is 11.1 Å². The van der Waals surface area contributed by atoms with E-state index in [1.54, 1.807) is 19.9 Å². The Balaban J connectivity index is 3.19. The molecule has 0 aliphatic heterocycles. The Kier molecular flexibility index (Phi) is 4.24. The minimum Gasteiger partial charge on any atom is -0.271 e. The molecule has 0 fully saturated rings. The van der Waals surface area contributed by atoms with E-state index in [4.69, 9.17) is 5.84 Å². The van der Waals surface area contributed by atoms with Crippen molar-refractivity contribution in [2.45, 2.75) is 25.1 Å². The highest BCUT2D eigenvalue weighted by Gasteiger charge is 2.27. The molecule has 96 valence electrons. The third kappa shape index (κ3) is 3.24. The molecule has 6 heteroatoms. The Hall–Kier alpha value is -0.980. The van der Waals surface area contributed by atoms with Crippen LogP contribution in [0.15, 0.2) is 18.2 Å². The quantitative estimate of drug-likeness (QED) is 0.627. The molecule has 1 rings (SSSR count). The average molecular weight is 260 g/mol. The topological polar surface area (TPSA) is 72.2 Å². The number of hydrogen-bond acceptors (Lipinski definition) is 4. The van der Waals surface area contributed by atoms with Gasteiger partial charge in [0.15, 0.2) is 9.84 Å². The summed E-state index contributed by atoms with van der Waals surface area (Å²) in [4.78, 5) is 0. The van der Waals surface area contributed by atoms with Gasteiger partial charge in [-0.1, -0.05) is 6.07 Å². The number of rotatable bonds is 4. The highest BCUT2D eigenvalue weighted by molar-refractivity contribution is 7.91. The molecule has 0 saturated carbocycles. The predicted molar refractivity (Wildman–Crippen MR) is 65.5 cm³/mol. The number of hydrazine groups is 1. The van der Waals surface area contributed by atoms with Crippen LogP contribution in [0.3, 0.4) is 0 Å². The number of sulfone groups is 1. The van der Waals surface area contributed by atoms with E-state index in [-0.39, 0.29) is 5.82 Å². The molecule has 0 radical (unpaired) electrons. The molecule has 3 N–H and O–H groups in total. The average Bonchev–Trinajstić information content (AvgIpc) is 2.20. The fraction of sp³-hybridized carbons (Fsp3) is 0.455. The van der Waals surface area contributed by atoms with Gasteiger partial charge in [-0.15, -0.1) is 0 Å². The van der Waals surface area contributed by atoms with Gasteiger partial charge in [0.05, 0.1) is 11.3 Å². The fourth-order valence-corrected chi connectivity index (χ4v) is 2.43. The molecule has 4 nitrogen and oxygen atoms in total. The summed E-state index contributed by atoms with van der Waals surface area (Å²) in [6.45, 7) is 3.29. The van der Waals surface area contributed by atoms with Gasteiger partial charge in [0.2, 0.25) is 0 Å². The summed E-state index contributed by atoms with van der Waals surface area (Å²) < 4.78 is 36.0. The van der Waals surface area contributed by atoms with E-state index in [1.165, 1.54) is 12.1 Å². The van der Waals surface area contributed by atoms with E-state index < -0.39 is 21.1 Å². The molecule has 0 aliphatic rings. The maximum absolute atomic E-state index is 13.0. The van der Waals surface area contributed by atoms with E-state index in [9.17, 15) is 12.8 Å². The lowest BCUT2D eigenvalue weighted by Gasteiger charge is -2.23. The summed E-state index contributed by atoms with van der Waals surface area (Å²) in [7, 11) is -3.23. The van der Waals surface area contributed by atoms with Gasteiger partial charge in [-0.2, -0.15) is 0 Å². The molecule has 2 unspecified atom stereocenters. The van der Waals surface area contributed by atoms with Crippen molar-refractivity contribution in [3.8, 4) is 0 Å². The van der Waals surface area contributed by atoms with Gasteiger partial charge in [0, 0.05) is 6.26 Å².